The van der Waals surface area contributed by atoms with E-state index in [0.717, 1.165) is 32.4 Å². The van der Waals surface area contributed by atoms with E-state index in [1.807, 2.05) is 25.9 Å². The Morgan fingerprint density at radius 1 is 1.15 bits per heavy atom. The summed E-state index contributed by atoms with van der Waals surface area (Å²) in [7, 11) is 0.837. The molecule has 5 nitrogen and oxygen atoms in total. The lowest BCUT2D eigenvalue weighted by Crippen LogP contribution is -2.41. The molecule has 1 N–H and O–H groups in total. The fraction of sp³-hybridized carbons (Fsp3) is 1.00. The van der Waals surface area contributed by atoms with Gasteiger partial charge in [-0.2, -0.15) is 0 Å². The Bertz CT molecular complexity index is 351. The Morgan fingerprint density at radius 2 is 1.90 bits per heavy atom. The van der Waals surface area contributed by atoms with Crippen molar-refractivity contribution in [1.29, 1.82) is 0 Å². The molecule has 1 rings (SSSR count). The van der Waals surface area contributed by atoms with Gasteiger partial charge >= 0.3 is 0 Å². The first-order valence-corrected chi connectivity index (χ1v) is 9.42. The highest BCUT2D eigenvalue weighted by molar-refractivity contribution is 7.89. The van der Waals surface area contributed by atoms with Crippen LogP contribution in [0, 0.1) is 0 Å². The summed E-state index contributed by atoms with van der Waals surface area (Å²) < 4.78 is 26.6. The summed E-state index contributed by atoms with van der Waals surface area (Å²) in [5, 5.41) is 3.42. The van der Waals surface area contributed by atoms with E-state index < -0.39 is 10.0 Å². The first-order valence-electron chi connectivity index (χ1n) is 7.81. The topological polar surface area (TPSA) is 52.7 Å². The zero-order valence-electron chi connectivity index (χ0n) is 13.3. The minimum absolute atomic E-state index is 0.276. The van der Waals surface area contributed by atoms with Crippen molar-refractivity contribution in [2.75, 3.05) is 46.0 Å². The summed E-state index contributed by atoms with van der Waals surface area (Å²) >= 11 is 0. The molecule has 20 heavy (non-hydrogen) atoms. The molecule has 6 heteroatoms. The average molecular weight is 305 g/mol. The van der Waals surface area contributed by atoms with Crippen molar-refractivity contribution >= 4 is 10.0 Å². The van der Waals surface area contributed by atoms with Gasteiger partial charge in [-0.15, -0.1) is 0 Å². The Balaban J connectivity index is 2.48. The van der Waals surface area contributed by atoms with E-state index in [2.05, 4.69) is 5.32 Å². The number of sulfonamides is 1. The third-order valence-corrected chi connectivity index (χ3v) is 5.70. The minimum Gasteiger partial charge on any atom is -0.314 e. The van der Waals surface area contributed by atoms with E-state index in [-0.39, 0.29) is 5.75 Å². The van der Waals surface area contributed by atoms with Gasteiger partial charge in [0, 0.05) is 25.7 Å². The van der Waals surface area contributed by atoms with Gasteiger partial charge in [-0.3, -0.25) is 0 Å². The normalized spacial score (nSPS) is 20.8. The van der Waals surface area contributed by atoms with Crippen LogP contribution in [0.15, 0.2) is 0 Å². The fourth-order valence-corrected chi connectivity index (χ4v) is 4.20. The molecular weight excluding hydrogens is 274 g/mol. The van der Waals surface area contributed by atoms with Crippen LogP contribution in [0.25, 0.3) is 0 Å². The SMILES string of the molecule is CCCN(CCN(C)C)S(=O)(=O)CCC1CCCCN1. The summed E-state index contributed by atoms with van der Waals surface area (Å²) in [4.78, 5) is 2.03. The van der Waals surface area contributed by atoms with Gasteiger partial charge in [-0.05, 0) is 46.3 Å². The predicted octanol–water partition coefficient (Wildman–Crippen LogP) is 1.12. The molecule has 0 spiro atoms. The molecule has 0 aromatic rings. The molecule has 1 fully saturated rings. The van der Waals surface area contributed by atoms with Crippen molar-refractivity contribution in [3.05, 3.63) is 0 Å². The van der Waals surface area contributed by atoms with Crippen molar-refractivity contribution in [3.63, 3.8) is 0 Å². The lowest BCUT2D eigenvalue weighted by atomic mass is 10.0. The van der Waals surface area contributed by atoms with E-state index in [1.165, 1.54) is 12.8 Å². The van der Waals surface area contributed by atoms with Crippen molar-refractivity contribution < 1.29 is 8.42 Å². The van der Waals surface area contributed by atoms with Gasteiger partial charge in [0.05, 0.1) is 5.75 Å². The van der Waals surface area contributed by atoms with Crippen LogP contribution >= 0.6 is 0 Å². The number of likely N-dealkylation sites (N-methyl/N-ethyl adjacent to an activating group) is 1. The smallest absolute Gasteiger partial charge is 0.214 e. The lowest BCUT2D eigenvalue weighted by Gasteiger charge is -2.26. The third-order valence-electron chi connectivity index (χ3n) is 3.80. The largest absolute Gasteiger partial charge is 0.314 e. The highest BCUT2D eigenvalue weighted by Gasteiger charge is 2.23. The maximum Gasteiger partial charge on any atom is 0.214 e. The molecule has 0 amide bonds. The van der Waals surface area contributed by atoms with E-state index in [1.54, 1.807) is 4.31 Å². The molecule has 1 unspecified atom stereocenters. The molecule has 0 radical (unpaired) electrons. The van der Waals surface area contributed by atoms with E-state index >= 15 is 0 Å². The molecule has 1 saturated heterocycles. The average Bonchev–Trinajstić information content (AvgIpc) is 2.42. The van der Waals surface area contributed by atoms with Crippen molar-refractivity contribution in [2.24, 2.45) is 0 Å². The predicted molar refractivity (Wildman–Crippen MR) is 84.5 cm³/mol. The van der Waals surface area contributed by atoms with Crippen LogP contribution in [0.3, 0.4) is 0 Å². The highest BCUT2D eigenvalue weighted by atomic mass is 32.2. The molecule has 0 aliphatic carbocycles. The van der Waals surface area contributed by atoms with E-state index in [9.17, 15) is 8.42 Å². The maximum absolute atomic E-state index is 12.5. The van der Waals surface area contributed by atoms with Gasteiger partial charge in [0.1, 0.15) is 0 Å². The second-order valence-electron chi connectivity index (χ2n) is 5.95. The first-order chi connectivity index (χ1) is 9.45. The molecule has 1 heterocycles. The fourth-order valence-electron chi connectivity index (χ4n) is 2.54. The molecule has 0 saturated carbocycles. The summed E-state index contributed by atoms with van der Waals surface area (Å²) in [6, 6.07) is 0.385. The van der Waals surface area contributed by atoms with Gasteiger partial charge in [0.25, 0.3) is 0 Å². The van der Waals surface area contributed by atoms with E-state index in [0.29, 0.717) is 19.1 Å². The summed E-state index contributed by atoms with van der Waals surface area (Å²) in [5.74, 6) is 0.276. The lowest BCUT2D eigenvalue weighted by molar-refractivity contribution is 0.330. The van der Waals surface area contributed by atoms with Gasteiger partial charge in [-0.1, -0.05) is 13.3 Å². The van der Waals surface area contributed by atoms with Gasteiger partial charge in [0.2, 0.25) is 10.0 Å². The quantitative estimate of drug-likeness (QED) is 0.694. The Morgan fingerprint density at radius 3 is 2.45 bits per heavy atom. The molecule has 0 aromatic carbocycles. The third kappa shape index (κ3) is 6.52. The van der Waals surface area contributed by atoms with Gasteiger partial charge in [0.15, 0.2) is 0 Å². The number of nitrogens with zero attached hydrogens (tertiary/aromatic N) is 2. The number of rotatable bonds is 9. The molecule has 1 atom stereocenters. The van der Waals surface area contributed by atoms with Crippen LogP contribution in [0.2, 0.25) is 0 Å². The number of hydrogen-bond acceptors (Lipinski definition) is 4. The van der Waals surface area contributed by atoms with Crippen LogP contribution in [-0.4, -0.2) is 69.7 Å². The minimum atomic E-state index is -3.11. The zero-order valence-corrected chi connectivity index (χ0v) is 14.1. The van der Waals surface area contributed by atoms with Crippen LogP contribution < -0.4 is 5.32 Å². The first kappa shape index (κ1) is 17.9. The Hall–Kier alpha value is -0.170. The second kappa shape index (κ2) is 8.97. The second-order valence-corrected chi connectivity index (χ2v) is 8.04. The van der Waals surface area contributed by atoms with Crippen LogP contribution in [0.4, 0.5) is 0 Å². The van der Waals surface area contributed by atoms with Crippen LogP contribution in [-0.2, 0) is 10.0 Å². The number of piperidine rings is 1. The summed E-state index contributed by atoms with van der Waals surface area (Å²) in [5.41, 5.74) is 0. The van der Waals surface area contributed by atoms with Gasteiger partial charge < -0.3 is 10.2 Å². The van der Waals surface area contributed by atoms with Crippen LogP contribution in [0.1, 0.15) is 39.0 Å². The monoisotopic (exact) mass is 305 g/mol. The molecule has 1 aliphatic heterocycles. The van der Waals surface area contributed by atoms with E-state index in [4.69, 9.17) is 0 Å². The maximum atomic E-state index is 12.5. The van der Waals surface area contributed by atoms with Crippen molar-refractivity contribution in [2.45, 2.75) is 45.1 Å². The molecular formula is C14H31N3O2S. The van der Waals surface area contributed by atoms with Gasteiger partial charge in [-0.25, -0.2) is 12.7 Å². The van der Waals surface area contributed by atoms with Crippen molar-refractivity contribution in [3.8, 4) is 0 Å². The molecule has 1 aliphatic rings. The summed E-state index contributed by atoms with van der Waals surface area (Å²) in [6.45, 7) is 5.07. The number of hydrogen-bond donors (Lipinski definition) is 1. The zero-order chi connectivity index (χ0) is 15.0. The highest BCUT2D eigenvalue weighted by Crippen LogP contribution is 2.13. The Labute approximate surface area is 124 Å². The van der Waals surface area contributed by atoms with Crippen molar-refractivity contribution in [1.82, 2.24) is 14.5 Å². The molecule has 0 aromatic heterocycles. The number of nitrogens with one attached hydrogen (secondary N) is 1. The molecule has 0 bridgehead atoms. The molecule has 120 valence electrons. The standard InChI is InChI=1S/C14H31N3O2S/c1-4-10-17(12-11-16(2)3)20(18,19)13-8-14-7-5-6-9-15-14/h14-15H,4-13H2,1-3H3. The van der Waals surface area contributed by atoms with Crippen LogP contribution in [0.5, 0.6) is 0 Å². The Kier molecular flexibility index (Phi) is 8.02. The summed E-state index contributed by atoms with van der Waals surface area (Å²) in [6.07, 6.45) is 5.16.